The first-order valence-corrected chi connectivity index (χ1v) is 5.39. The number of carbonyl (C=O) groups excluding carboxylic acids is 3. The molecule has 92 valence electrons. The zero-order valence-corrected chi connectivity index (χ0v) is 9.33. The van der Waals surface area contributed by atoms with Crippen LogP contribution in [0.25, 0.3) is 0 Å². The van der Waals surface area contributed by atoms with Crippen LogP contribution < -0.4 is 5.84 Å². The molecule has 0 atom stereocenters. The van der Waals surface area contributed by atoms with Gasteiger partial charge in [-0.25, -0.2) is 5.01 Å². The third-order valence-corrected chi connectivity index (χ3v) is 2.86. The molecular formula is C10H14N4O3. The molecule has 3 amide bonds. The Hall–Kier alpha value is -1.73. The van der Waals surface area contributed by atoms with Crippen molar-refractivity contribution in [2.24, 2.45) is 5.84 Å². The van der Waals surface area contributed by atoms with E-state index in [0.29, 0.717) is 26.2 Å². The molecule has 1 saturated heterocycles. The van der Waals surface area contributed by atoms with E-state index in [1.165, 1.54) is 12.2 Å². The molecule has 1 fully saturated rings. The Labute approximate surface area is 98.4 Å². The molecule has 2 aliphatic heterocycles. The lowest BCUT2D eigenvalue weighted by Gasteiger charge is -2.32. The summed E-state index contributed by atoms with van der Waals surface area (Å²) in [6.45, 7) is 2.07. The normalized spacial score (nSPS) is 21.5. The number of piperazine rings is 1. The molecule has 7 nitrogen and oxygen atoms in total. The molecule has 2 rings (SSSR count). The highest BCUT2D eigenvalue weighted by molar-refractivity contribution is 6.14. The SMILES string of the molecule is NN1CCN(C(=O)CN2C(=O)C=CC2=O)CC1. The van der Waals surface area contributed by atoms with Crippen molar-refractivity contribution in [2.75, 3.05) is 32.7 Å². The highest BCUT2D eigenvalue weighted by Crippen LogP contribution is 2.05. The van der Waals surface area contributed by atoms with E-state index >= 15 is 0 Å². The average molecular weight is 238 g/mol. The molecule has 2 aliphatic rings. The lowest BCUT2D eigenvalue weighted by Crippen LogP contribution is -2.53. The Morgan fingerprint density at radius 2 is 1.65 bits per heavy atom. The van der Waals surface area contributed by atoms with Gasteiger partial charge in [-0.3, -0.25) is 25.1 Å². The molecular weight excluding hydrogens is 224 g/mol. The molecule has 0 aromatic rings. The lowest BCUT2D eigenvalue weighted by atomic mass is 10.3. The first-order valence-electron chi connectivity index (χ1n) is 5.39. The second kappa shape index (κ2) is 4.64. The molecule has 0 spiro atoms. The molecule has 0 aliphatic carbocycles. The maximum Gasteiger partial charge on any atom is 0.254 e. The van der Waals surface area contributed by atoms with Crippen LogP contribution in [0.3, 0.4) is 0 Å². The van der Waals surface area contributed by atoms with Crippen molar-refractivity contribution in [1.29, 1.82) is 0 Å². The largest absolute Gasteiger partial charge is 0.338 e. The van der Waals surface area contributed by atoms with Gasteiger partial charge in [0.05, 0.1) is 0 Å². The molecule has 0 aromatic carbocycles. The summed E-state index contributed by atoms with van der Waals surface area (Å²) in [4.78, 5) is 36.9. The number of hydrogen-bond acceptors (Lipinski definition) is 5. The monoisotopic (exact) mass is 238 g/mol. The Bertz CT molecular complexity index is 367. The van der Waals surface area contributed by atoms with E-state index in [0.717, 1.165) is 4.90 Å². The van der Waals surface area contributed by atoms with Crippen LogP contribution in [0, 0.1) is 0 Å². The van der Waals surface area contributed by atoms with Gasteiger partial charge in [-0.1, -0.05) is 0 Å². The number of amides is 3. The number of hydrazine groups is 1. The molecule has 0 saturated carbocycles. The van der Waals surface area contributed by atoms with Crippen LogP contribution in [-0.2, 0) is 14.4 Å². The van der Waals surface area contributed by atoms with Crippen molar-refractivity contribution in [2.45, 2.75) is 0 Å². The Balaban J connectivity index is 1.89. The lowest BCUT2D eigenvalue weighted by molar-refractivity contribution is -0.145. The predicted molar refractivity (Wildman–Crippen MR) is 58.2 cm³/mol. The summed E-state index contributed by atoms with van der Waals surface area (Å²) in [5, 5.41) is 1.64. The summed E-state index contributed by atoms with van der Waals surface area (Å²) in [7, 11) is 0. The highest BCUT2D eigenvalue weighted by Gasteiger charge is 2.28. The molecule has 2 heterocycles. The fraction of sp³-hybridized carbons (Fsp3) is 0.500. The topological polar surface area (TPSA) is 86.9 Å². The van der Waals surface area contributed by atoms with E-state index in [1.54, 1.807) is 9.91 Å². The number of nitrogens with zero attached hydrogens (tertiary/aromatic N) is 3. The van der Waals surface area contributed by atoms with E-state index in [9.17, 15) is 14.4 Å². The van der Waals surface area contributed by atoms with Gasteiger partial charge in [0, 0.05) is 38.3 Å². The van der Waals surface area contributed by atoms with Crippen LogP contribution >= 0.6 is 0 Å². The zero-order chi connectivity index (χ0) is 12.4. The molecule has 0 unspecified atom stereocenters. The summed E-state index contributed by atoms with van der Waals surface area (Å²) in [5.41, 5.74) is 0. The number of rotatable bonds is 2. The van der Waals surface area contributed by atoms with E-state index < -0.39 is 11.8 Å². The highest BCUT2D eigenvalue weighted by atomic mass is 16.2. The van der Waals surface area contributed by atoms with Crippen molar-refractivity contribution >= 4 is 17.7 Å². The Kier molecular flexibility index (Phi) is 3.21. The van der Waals surface area contributed by atoms with Crippen molar-refractivity contribution in [3.63, 3.8) is 0 Å². The van der Waals surface area contributed by atoms with Gasteiger partial charge in [0.15, 0.2) is 0 Å². The van der Waals surface area contributed by atoms with Gasteiger partial charge in [0.2, 0.25) is 5.91 Å². The van der Waals surface area contributed by atoms with Gasteiger partial charge in [-0.15, -0.1) is 0 Å². The molecule has 0 radical (unpaired) electrons. The fourth-order valence-corrected chi connectivity index (χ4v) is 1.79. The van der Waals surface area contributed by atoms with Gasteiger partial charge >= 0.3 is 0 Å². The molecule has 2 N–H and O–H groups in total. The van der Waals surface area contributed by atoms with Crippen molar-refractivity contribution < 1.29 is 14.4 Å². The van der Waals surface area contributed by atoms with E-state index in [-0.39, 0.29) is 12.5 Å². The zero-order valence-electron chi connectivity index (χ0n) is 9.33. The molecule has 17 heavy (non-hydrogen) atoms. The first-order chi connectivity index (χ1) is 8.08. The number of nitrogens with two attached hydrogens (primary N) is 1. The summed E-state index contributed by atoms with van der Waals surface area (Å²) in [6, 6.07) is 0. The second-order valence-electron chi connectivity index (χ2n) is 4.01. The number of carbonyl (C=O) groups is 3. The standard InChI is InChI=1S/C10H14N4O3/c11-13-5-3-12(4-6-13)10(17)7-14-8(15)1-2-9(14)16/h1-2H,3-7,11H2. The summed E-state index contributed by atoms with van der Waals surface area (Å²) in [5.74, 6) is 4.49. The van der Waals surface area contributed by atoms with Crippen LogP contribution in [0.4, 0.5) is 0 Å². The van der Waals surface area contributed by atoms with E-state index in [1.807, 2.05) is 0 Å². The molecule has 7 heteroatoms. The minimum atomic E-state index is -0.430. The van der Waals surface area contributed by atoms with Gasteiger partial charge in [-0.05, 0) is 0 Å². The van der Waals surface area contributed by atoms with Crippen LogP contribution in [-0.4, -0.2) is 65.3 Å². The third-order valence-electron chi connectivity index (χ3n) is 2.86. The quantitative estimate of drug-likeness (QED) is 0.441. The van der Waals surface area contributed by atoms with Crippen LogP contribution in [0.15, 0.2) is 12.2 Å². The van der Waals surface area contributed by atoms with Gasteiger partial charge in [0.25, 0.3) is 11.8 Å². The summed E-state index contributed by atoms with van der Waals surface area (Å²) < 4.78 is 0. The minimum absolute atomic E-state index is 0.185. The van der Waals surface area contributed by atoms with Crippen LogP contribution in [0.1, 0.15) is 0 Å². The number of hydrogen-bond donors (Lipinski definition) is 1. The Morgan fingerprint density at radius 3 is 2.18 bits per heavy atom. The van der Waals surface area contributed by atoms with Gasteiger partial charge in [-0.2, -0.15) is 0 Å². The molecule has 0 aromatic heterocycles. The fourth-order valence-electron chi connectivity index (χ4n) is 1.79. The first kappa shape index (κ1) is 11.7. The summed E-state index contributed by atoms with van der Waals surface area (Å²) in [6.07, 6.45) is 2.35. The minimum Gasteiger partial charge on any atom is -0.338 e. The van der Waals surface area contributed by atoms with Crippen molar-refractivity contribution in [3.8, 4) is 0 Å². The van der Waals surface area contributed by atoms with Gasteiger partial charge < -0.3 is 4.90 Å². The van der Waals surface area contributed by atoms with Crippen LogP contribution in [0.5, 0.6) is 0 Å². The Morgan fingerprint density at radius 1 is 1.12 bits per heavy atom. The van der Waals surface area contributed by atoms with Crippen molar-refractivity contribution in [3.05, 3.63) is 12.2 Å². The maximum absolute atomic E-state index is 11.8. The van der Waals surface area contributed by atoms with Crippen molar-refractivity contribution in [1.82, 2.24) is 14.8 Å². The number of imide groups is 1. The predicted octanol–water partition coefficient (Wildman–Crippen LogP) is -2.07. The van der Waals surface area contributed by atoms with Crippen LogP contribution in [0.2, 0.25) is 0 Å². The maximum atomic E-state index is 11.8. The average Bonchev–Trinajstić information content (AvgIpc) is 2.61. The van der Waals surface area contributed by atoms with Gasteiger partial charge in [0.1, 0.15) is 6.54 Å². The van der Waals surface area contributed by atoms with E-state index in [2.05, 4.69) is 0 Å². The third kappa shape index (κ3) is 2.51. The molecule has 0 bridgehead atoms. The smallest absolute Gasteiger partial charge is 0.254 e. The summed E-state index contributed by atoms with van der Waals surface area (Å²) >= 11 is 0. The van der Waals surface area contributed by atoms with E-state index in [4.69, 9.17) is 5.84 Å². The second-order valence-corrected chi connectivity index (χ2v) is 4.01.